The Hall–Kier alpha value is -1.28. The van der Waals surface area contributed by atoms with Crippen LogP contribution in [-0.2, 0) is 6.42 Å². The minimum absolute atomic E-state index is 0.522. The molecule has 0 radical (unpaired) electrons. The summed E-state index contributed by atoms with van der Waals surface area (Å²) in [4.78, 5) is 0. The zero-order valence-corrected chi connectivity index (χ0v) is 9.12. The fourth-order valence-corrected chi connectivity index (χ4v) is 2.14. The molecule has 0 fully saturated rings. The predicted octanol–water partition coefficient (Wildman–Crippen LogP) is 2.46. The van der Waals surface area contributed by atoms with Crippen molar-refractivity contribution in [1.29, 1.82) is 0 Å². The van der Waals surface area contributed by atoms with Gasteiger partial charge in [0, 0.05) is 6.04 Å². The van der Waals surface area contributed by atoms with Gasteiger partial charge in [-0.2, -0.15) is 0 Å². The number of ether oxygens (including phenoxy) is 1. The van der Waals surface area contributed by atoms with Crippen molar-refractivity contribution in [3.8, 4) is 5.75 Å². The summed E-state index contributed by atoms with van der Waals surface area (Å²) in [6, 6.07) is 6.88. The van der Waals surface area contributed by atoms with Gasteiger partial charge in [0.25, 0.3) is 0 Å². The summed E-state index contributed by atoms with van der Waals surface area (Å²) in [7, 11) is 2.02. The first-order chi connectivity index (χ1) is 7.35. The number of benzene rings is 1. The van der Waals surface area contributed by atoms with Crippen LogP contribution in [0.15, 0.2) is 30.9 Å². The van der Waals surface area contributed by atoms with Gasteiger partial charge in [0.15, 0.2) is 0 Å². The third kappa shape index (κ3) is 2.05. The van der Waals surface area contributed by atoms with Crippen molar-refractivity contribution in [3.63, 3.8) is 0 Å². The van der Waals surface area contributed by atoms with Crippen LogP contribution in [0, 0.1) is 0 Å². The van der Waals surface area contributed by atoms with Gasteiger partial charge in [0.05, 0.1) is 0 Å². The molecule has 1 aromatic rings. The van der Waals surface area contributed by atoms with Gasteiger partial charge >= 0.3 is 0 Å². The van der Waals surface area contributed by atoms with E-state index in [4.69, 9.17) is 4.74 Å². The summed E-state index contributed by atoms with van der Waals surface area (Å²) in [6.07, 6.45) is 4.10. The molecule has 0 bridgehead atoms. The van der Waals surface area contributed by atoms with Gasteiger partial charge in [-0.1, -0.05) is 18.7 Å². The number of aryl methyl sites for hydroxylation is 1. The van der Waals surface area contributed by atoms with E-state index in [9.17, 15) is 0 Å². The molecule has 1 unspecified atom stereocenters. The van der Waals surface area contributed by atoms with Crippen LogP contribution in [0.3, 0.4) is 0 Å². The minimum atomic E-state index is 0.522. The van der Waals surface area contributed by atoms with E-state index in [0.29, 0.717) is 12.6 Å². The summed E-state index contributed by atoms with van der Waals surface area (Å²) in [5.74, 6) is 0.949. The Balaban J connectivity index is 2.17. The Morgan fingerprint density at radius 3 is 3.20 bits per heavy atom. The Morgan fingerprint density at radius 2 is 2.47 bits per heavy atom. The van der Waals surface area contributed by atoms with Crippen molar-refractivity contribution in [2.24, 2.45) is 0 Å². The lowest BCUT2D eigenvalue weighted by molar-refractivity contribution is 0.363. The van der Waals surface area contributed by atoms with Crippen molar-refractivity contribution >= 4 is 0 Å². The second kappa shape index (κ2) is 4.49. The first kappa shape index (κ1) is 10.2. The molecule has 1 aromatic carbocycles. The topological polar surface area (TPSA) is 21.3 Å². The average Bonchev–Trinajstić information content (AvgIpc) is 2.68. The van der Waals surface area contributed by atoms with Crippen molar-refractivity contribution < 1.29 is 4.74 Å². The second-order valence-electron chi connectivity index (χ2n) is 3.84. The van der Waals surface area contributed by atoms with E-state index in [2.05, 4.69) is 24.0 Å². The average molecular weight is 203 g/mol. The first-order valence-electron chi connectivity index (χ1n) is 5.39. The molecule has 0 aromatic heterocycles. The van der Waals surface area contributed by atoms with E-state index < -0.39 is 0 Å². The highest BCUT2D eigenvalue weighted by Crippen LogP contribution is 2.33. The monoisotopic (exact) mass is 203 g/mol. The maximum absolute atomic E-state index is 5.51. The molecule has 80 valence electrons. The highest BCUT2D eigenvalue weighted by atomic mass is 16.5. The lowest BCUT2D eigenvalue weighted by Crippen LogP contribution is -2.12. The molecule has 0 saturated carbocycles. The van der Waals surface area contributed by atoms with E-state index in [-0.39, 0.29) is 0 Å². The molecule has 1 atom stereocenters. The van der Waals surface area contributed by atoms with Gasteiger partial charge in [-0.05, 0) is 43.1 Å². The highest BCUT2D eigenvalue weighted by molar-refractivity contribution is 5.40. The van der Waals surface area contributed by atoms with Crippen molar-refractivity contribution in [3.05, 3.63) is 42.0 Å². The molecule has 2 rings (SSSR count). The summed E-state index contributed by atoms with van der Waals surface area (Å²) in [6.45, 7) is 4.22. The molecule has 2 heteroatoms. The standard InChI is InChI=1S/C13H17NO/c1-3-8-15-11-5-6-12-10(9-11)4-7-13(12)14-2/h3,5-6,9,13-14H,1,4,7-8H2,2H3. The SMILES string of the molecule is C=CCOc1ccc2c(c1)CCC2NC. The Morgan fingerprint density at radius 1 is 1.60 bits per heavy atom. The van der Waals surface area contributed by atoms with Gasteiger partial charge in [0.2, 0.25) is 0 Å². The number of fused-ring (bicyclic) bond motifs is 1. The third-order valence-electron chi connectivity index (χ3n) is 2.91. The van der Waals surface area contributed by atoms with Crippen molar-refractivity contribution in [1.82, 2.24) is 5.32 Å². The van der Waals surface area contributed by atoms with Crippen LogP contribution >= 0.6 is 0 Å². The smallest absolute Gasteiger partial charge is 0.120 e. The van der Waals surface area contributed by atoms with E-state index >= 15 is 0 Å². The number of rotatable bonds is 4. The molecule has 0 saturated heterocycles. The van der Waals surface area contributed by atoms with Crippen LogP contribution in [0.25, 0.3) is 0 Å². The lowest BCUT2D eigenvalue weighted by atomic mass is 10.1. The van der Waals surface area contributed by atoms with Crippen molar-refractivity contribution in [2.75, 3.05) is 13.7 Å². The van der Waals surface area contributed by atoms with E-state index in [0.717, 1.165) is 12.2 Å². The van der Waals surface area contributed by atoms with E-state index in [1.54, 1.807) is 6.08 Å². The van der Waals surface area contributed by atoms with Crippen LogP contribution in [0.4, 0.5) is 0 Å². The molecule has 1 N–H and O–H groups in total. The van der Waals surface area contributed by atoms with Crippen LogP contribution in [0.1, 0.15) is 23.6 Å². The number of hydrogen-bond acceptors (Lipinski definition) is 2. The molecule has 1 aliphatic rings. The maximum Gasteiger partial charge on any atom is 0.120 e. The van der Waals surface area contributed by atoms with Crippen LogP contribution < -0.4 is 10.1 Å². The third-order valence-corrected chi connectivity index (χ3v) is 2.91. The Kier molecular flexibility index (Phi) is 3.07. The molecule has 0 heterocycles. The fourth-order valence-electron chi connectivity index (χ4n) is 2.14. The van der Waals surface area contributed by atoms with Crippen molar-refractivity contribution in [2.45, 2.75) is 18.9 Å². The number of hydrogen-bond donors (Lipinski definition) is 1. The first-order valence-corrected chi connectivity index (χ1v) is 5.39. The normalized spacial score (nSPS) is 18.6. The molecule has 0 spiro atoms. The van der Waals surface area contributed by atoms with Gasteiger partial charge in [0.1, 0.15) is 12.4 Å². The molecule has 2 nitrogen and oxygen atoms in total. The maximum atomic E-state index is 5.51. The van der Waals surface area contributed by atoms with E-state index in [1.165, 1.54) is 17.5 Å². The van der Waals surface area contributed by atoms with Gasteiger partial charge < -0.3 is 10.1 Å². The summed E-state index contributed by atoms with van der Waals surface area (Å²) in [5.41, 5.74) is 2.83. The zero-order chi connectivity index (χ0) is 10.7. The van der Waals surface area contributed by atoms with Crippen LogP contribution in [-0.4, -0.2) is 13.7 Å². The second-order valence-corrected chi connectivity index (χ2v) is 3.84. The lowest BCUT2D eigenvalue weighted by Gasteiger charge is -2.10. The van der Waals surface area contributed by atoms with Gasteiger partial charge in [-0.25, -0.2) is 0 Å². The zero-order valence-electron chi connectivity index (χ0n) is 9.12. The quantitative estimate of drug-likeness (QED) is 0.759. The summed E-state index contributed by atoms with van der Waals surface area (Å²) in [5, 5.41) is 3.33. The van der Waals surface area contributed by atoms with Crippen LogP contribution in [0.5, 0.6) is 5.75 Å². The van der Waals surface area contributed by atoms with Gasteiger partial charge in [-0.15, -0.1) is 0 Å². The largest absolute Gasteiger partial charge is 0.490 e. The molecule has 15 heavy (non-hydrogen) atoms. The predicted molar refractivity (Wildman–Crippen MR) is 62.3 cm³/mol. The minimum Gasteiger partial charge on any atom is -0.490 e. The summed E-state index contributed by atoms with van der Waals surface area (Å²) < 4.78 is 5.51. The molecule has 1 aliphatic carbocycles. The Labute approximate surface area is 91.0 Å². The molecule has 0 aliphatic heterocycles. The summed E-state index contributed by atoms with van der Waals surface area (Å²) >= 11 is 0. The molecule has 0 amide bonds. The fraction of sp³-hybridized carbons (Fsp3) is 0.385. The van der Waals surface area contributed by atoms with Gasteiger partial charge in [-0.3, -0.25) is 0 Å². The highest BCUT2D eigenvalue weighted by Gasteiger charge is 2.20. The Bertz CT molecular complexity index is 360. The van der Waals surface area contributed by atoms with Crippen LogP contribution in [0.2, 0.25) is 0 Å². The van der Waals surface area contributed by atoms with E-state index in [1.807, 2.05) is 13.1 Å². The number of nitrogens with one attached hydrogen (secondary N) is 1. The molecular formula is C13H17NO. The molecular weight excluding hydrogens is 186 g/mol.